The fourth-order valence-electron chi connectivity index (χ4n) is 4.48. The molecule has 7 heteroatoms. The van der Waals surface area contributed by atoms with Crippen LogP contribution in [0.15, 0.2) is 84.2 Å². The molecule has 0 spiro atoms. The molecule has 41 heavy (non-hydrogen) atoms. The van der Waals surface area contributed by atoms with Crippen molar-refractivity contribution in [1.29, 1.82) is 0 Å². The molecule has 4 rings (SSSR count). The summed E-state index contributed by atoms with van der Waals surface area (Å²) in [5.41, 5.74) is 3.94. The van der Waals surface area contributed by atoms with E-state index in [-0.39, 0.29) is 24.1 Å². The van der Waals surface area contributed by atoms with Crippen LogP contribution in [0.3, 0.4) is 0 Å². The van der Waals surface area contributed by atoms with Gasteiger partial charge in [-0.3, -0.25) is 14.4 Å². The lowest BCUT2D eigenvalue weighted by molar-refractivity contribution is -0.134. The standard InChI is InChI=1S/C34H36N2O4S/c1-4-6-8-20-31(37)36(3)22-26-21-25(23-41-26)27-17-13-19-30(34(27)40-32(38)5-2)35-29-18-12-11-16-28(29)33(39)24-14-9-7-10-15-24/h7,9-19,21,23,35H,4-6,8,20,22H2,1-3H3. The summed E-state index contributed by atoms with van der Waals surface area (Å²) in [6.45, 7) is 4.40. The van der Waals surface area contributed by atoms with E-state index in [9.17, 15) is 14.4 Å². The van der Waals surface area contributed by atoms with Gasteiger partial charge in [0.15, 0.2) is 11.5 Å². The minimum Gasteiger partial charge on any atom is -0.424 e. The molecular formula is C34H36N2O4S. The van der Waals surface area contributed by atoms with Gasteiger partial charge in [-0.15, -0.1) is 11.3 Å². The van der Waals surface area contributed by atoms with Crippen LogP contribution in [0.1, 0.15) is 66.8 Å². The first kappa shape index (κ1) is 29.7. The number of nitrogens with one attached hydrogen (secondary N) is 1. The summed E-state index contributed by atoms with van der Waals surface area (Å²) in [4.78, 5) is 41.2. The molecule has 3 aromatic carbocycles. The topological polar surface area (TPSA) is 75.7 Å². The molecule has 1 heterocycles. The number of ether oxygens (including phenoxy) is 1. The number of amides is 1. The highest BCUT2D eigenvalue weighted by molar-refractivity contribution is 7.10. The van der Waals surface area contributed by atoms with E-state index in [2.05, 4.69) is 12.2 Å². The van der Waals surface area contributed by atoms with Crippen molar-refractivity contribution in [2.75, 3.05) is 12.4 Å². The fraction of sp³-hybridized carbons (Fsp3) is 0.265. The Balaban J connectivity index is 1.63. The largest absolute Gasteiger partial charge is 0.424 e. The van der Waals surface area contributed by atoms with Crippen molar-refractivity contribution < 1.29 is 19.1 Å². The van der Waals surface area contributed by atoms with Crippen molar-refractivity contribution in [2.45, 2.75) is 52.5 Å². The molecule has 0 atom stereocenters. The van der Waals surface area contributed by atoms with Crippen molar-refractivity contribution in [3.63, 3.8) is 0 Å². The molecule has 0 unspecified atom stereocenters. The maximum atomic E-state index is 13.3. The Labute approximate surface area is 246 Å². The number of esters is 1. The summed E-state index contributed by atoms with van der Waals surface area (Å²) < 4.78 is 5.87. The summed E-state index contributed by atoms with van der Waals surface area (Å²) in [6.07, 6.45) is 3.82. The van der Waals surface area contributed by atoms with E-state index in [0.717, 1.165) is 35.3 Å². The molecule has 0 aliphatic carbocycles. The van der Waals surface area contributed by atoms with E-state index in [1.54, 1.807) is 41.4 Å². The molecule has 6 nitrogen and oxygen atoms in total. The predicted octanol–water partition coefficient (Wildman–Crippen LogP) is 8.24. The number of carbonyl (C=O) groups is 3. The van der Waals surface area contributed by atoms with Gasteiger partial charge in [0.1, 0.15) is 0 Å². The molecule has 1 N–H and O–H groups in total. The third-order valence-electron chi connectivity index (χ3n) is 6.77. The van der Waals surface area contributed by atoms with Gasteiger partial charge in [-0.05, 0) is 41.6 Å². The van der Waals surface area contributed by atoms with Crippen molar-refractivity contribution in [1.82, 2.24) is 4.90 Å². The molecule has 0 bridgehead atoms. The van der Waals surface area contributed by atoms with Crippen LogP contribution in [0, 0.1) is 0 Å². The van der Waals surface area contributed by atoms with Gasteiger partial charge in [0.2, 0.25) is 5.91 Å². The van der Waals surface area contributed by atoms with E-state index in [4.69, 9.17) is 4.74 Å². The van der Waals surface area contributed by atoms with Crippen molar-refractivity contribution in [3.05, 3.63) is 100 Å². The zero-order valence-electron chi connectivity index (χ0n) is 23.8. The SMILES string of the molecule is CCCCCC(=O)N(C)Cc1cc(-c2cccc(Nc3ccccc3C(=O)c3ccccc3)c2OC(=O)CC)cs1. The lowest BCUT2D eigenvalue weighted by Gasteiger charge is -2.17. The van der Waals surface area contributed by atoms with Crippen LogP contribution < -0.4 is 10.1 Å². The molecule has 1 amide bonds. The van der Waals surface area contributed by atoms with Gasteiger partial charge in [0.25, 0.3) is 0 Å². The third-order valence-corrected chi connectivity index (χ3v) is 7.70. The minimum absolute atomic E-state index is 0.104. The molecule has 0 saturated carbocycles. The van der Waals surface area contributed by atoms with E-state index in [0.29, 0.717) is 41.2 Å². The van der Waals surface area contributed by atoms with E-state index >= 15 is 0 Å². The first-order valence-corrected chi connectivity index (χ1v) is 14.9. The number of ketones is 1. The summed E-state index contributed by atoms with van der Waals surface area (Å²) in [5, 5.41) is 5.38. The second-order valence-electron chi connectivity index (χ2n) is 9.88. The number of rotatable bonds is 13. The highest BCUT2D eigenvalue weighted by atomic mass is 32.1. The molecule has 0 radical (unpaired) electrons. The summed E-state index contributed by atoms with van der Waals surface area (Å²) in [7, 11) is 1.83. The first-order chi connectivity index (χ1) is 19.9. The smallest absolute Gasteiger partial charge is 0.310 e. The molecule has 4 aromatic rings. The summed E-state index contributed by atoms with van der Waals surface area (Å²) in [5.74, 6) is 0.0744. The van der Waals surface area contributed by atoms with Gasteiger partial charge in [0, 0.05) is 47.1 Å². The van der Waals surface area contributed by atoms with Gasteiger partial charge in [-0.2, -0.15) is 0 Å². The Morgan fingerprint density at radius 3 is 2.37 bits per heavy atom. The summed E-state index contributed by atoms with van der Waals surface area (Å²) in [6, 6.07) is 24.1. The second-order valence-corrected chi connectivity index (χ2v) is 10.9. The molecule has 0 saturated heterocycles. The molecule has 212 valence electrons. The van der Waals surface area contributed by atoms with Gasteiger partial charge in [-0.25, -0.2) is 0 Å². The monoisotopic (exact) mass is 568 g/mol. The zero-order chi connectivity index (χ0) is 29.2. The Kier molecular flexibility index (Phi) is 10.5. The Bertz CT molecular complexity index is 1500. The van der Waals surface area contributed by atoms with Crippen LogP contribution >= 0.6 is 11.3 Å². The van der Waals surface area contributed by atoms with Crippen LogP contribution in [0.4, 0.5) is 11.4 Å². The van der Waals surface area contributed by atoms with Crippen LogP contribution in [-0.4, -0.2) is 29.6 Å². The lowest BCUT2D eigenvalue weighted by Crippen LogP contribution is -2.25. The summed E-state index contributed by atoms with van der Waals surface area (Å²) >= 11 is 1.57. The average molecular weight is 569 g/mol. The number of nitrogens with zero attached hydrogens (tertiary/aromatic N) is 1. The van der Waals surface area contributed by atoms with Crippen LogP contribution in [0.2, 0.25) is 0 Å². The highest BCUT2D eigenvalue weighted by Crippen LogP contribution is 2.40. The highest BCUT2D eigenvalue weighted by Gasteiger charge is 2.20. The maximum absolute atomic E-state index is 13.3. The number of carbonyl (C=O) groups excluding carboxylic acids is 3. The van der Waals surface area contributed by atoms with Crippen LogP contribution in [-0.2, 0) is 16.1 Å². The number of unbranched alkanes of at least 4 members (excludes halogenated alkanes) is 2. The maximum Gasteiger partial charge on any atom is 0.310 e. The quantitative estimate of drug-likeness (QED) is 0.0761. The number of hydrogen-bond acceptors (Lipinski definition) is 6. The zero-order valence-corrected chi connectivity index (χ0v) is 24.6. The first-order valence-electron chi connectivity index (χ1n) is 14.0. The van der Waals surface area contributed by atoms with Gasteiger partial charge in [-0.1, -0.05) is 81.3 Å². The number of thiophene rings is 1. The van der Waals surface area contributed by atoms with E-state index < -0.39 is 0 Å². The number of para-hydroxylation sites is 2. The Hall–Kier alpha value is -4.23. The molecule has 1 aromatic heterocycles. The van der Waals surface area contributed by atoms with E-state index in [1.807, 2.05) is 73.1 Å². The Morgan fingerprint density at radius 2 is 1.61 bits per heavy atom. The van der Waals surface area contributed by atoms with Gasteiger partial charge >= 0.3 is 5.97 Å². The minimum atomic E-state index is -0.359. The molecule has 0 aliphatic rings. The van der Waals surface area contributed by atoms with Gasteiger partial charge < -0.3 is 15.0 Å². The molecule has 0 fully saturated rings. The third kappa shape index (κ3) is 7.70. The van der Waals surface area contributed by atoms with Crippen molar-refractivity contribution in [3.8, 4) is 16.9 Å². The Morgan fingerprint density at radius 1 is 0.878 bits per heavy atom. The molecular weight excluding hydrogens is 532 g/mol. The van der Waals surface area contributed by atoms with Crippen molar-refractivity contribution in [2.24, 2.45) is 0 Å². The number of benzene rings is 3. The van der Waals surface area contributed by atoms with Crippen LogP contribution in [0.5, 0.6) is 5.75 Å². The van der Waals surface area contributed by atoms with E-state index in [1.165, 1.54) is 0 Å². The lowest BCUT2D eigenvalue weighted by atomic mass is 10.0. The molecule has 0 aliphatic heterocycles. The predicted molar refractivity (Wildman–Crippen MR) is 166 cm³/mol. The van der Waals surface area contributed by atoms with Crippen molar-refractivity contribution >= 4 is 40.4 Å². The van der Waals surface area contributed by atoms with Crippen LogP contribution in [0.25, 0.3) is 11.1 Å². The second kappa shape index (κ2) is 14.4. The normalized spacial score (nSPS) is 10.7. The van der Waals surface area contributed by atoms with Gasteiger partial charge in [0.05, 0.1) is 12.2 Å². The average Bonchev–Trinajstić information content (AvgIpc) is 3.46. The number of hydrogen-bond donors (Lipinski definition) is 1. The fourth-order valence-corrected chi connectivity index (χ4v) is 5.42. The number of anilines is 2.